The zero-order valence-corrected chi connectivity index (χ0v) is 13.1. The highest BCUT2D eigenvalue weighted by molar-refractivity contribution is 7.89. The normalized spacial score (nSPS) is 13.3. The number of methoxy groups -OCH3 is 1. The molecular weight excluding hydrogens is 318 g/mol. The molecule has 1 aromatic heterocycles. The fourth-order valence-corrected chi connectivity index (χ4v) is 3.54. The van der Waals surface area contributed by atoms with Crippen molar-refractivity contribution in [2.24, 2.45) is 0 Å². The van der Waals surface area contributed by atoms with Crippen LogP contribution in [0, 0.1) is 0 Å². The Kier molecular flexibility index (Phi) is 5.17. The van der Waals surface area contributed by atoms with Gasteiger partial charge in [-0.25, -0.2) is 13.1 Å². The Balaban J connectivity index is 2.07. The molecule has 0 saturated heterocycles. The molecule has 0 amide bonds. The zero-order chi connectivity index (χ0) is 14.6. The van der Waals surface area contributed by atoms with Crippen molar-refractivity contribution in [2.75, 3.05) is 13.7 Å². The zero-order valence-electron chi connectivity index (χ0n) is 10.7. The van der Waals surface area contributed by atoms with Gasteiger partial charge in [-0.05, 0) is 46.7 Å². The highest BCUT2D eigenvalue weighted by Crippen LogP contribution is 2.20. The van der Waals surface area contributed by atoms with Gasteiger partial charge in [-0.2, -0.15) is 11.3 Å². The van der Waals surface area contributed by atoms with Crippen LogP contribution in [0.4, 0.5) is 0 Å². The molecule has 1 atom stereocenters. The van der Waals surface area contributed by atoms with Gasteiger partial charge in [0.25, 0.3) is 0 Å². The first kappa shape index (κ1) is 15.5. The minimum atomic E-state index is -3.56. The molecule has 4 nitrogen and oxygen atoms in total. The van der Waals surface area contributed by atoms with Crippen molar-refractivity contribution < 1.29 is 13.2 Å². The fourth-order valence-electron chi connectivity index (χ4n) is 1.68. The molecule has 2 aromatic rings. The lowest BCUT2D eigenvalue weighted by Gasteiger charge is -2.15. The molecule has 0 fully saturated rings. The molecule has 1 heterocycles. The average Bonchev–Trinajstić information content (AvgIpc) is 2.94. The van der Waals surface area contributed by atoms with Crippen molar-refractivity contribution >= 4 is 33.0 Å². The third-order valence-electron chi connectivity index (χ3n) is 2.78. The van der Waals surface area contributed by atoms with Gasteiger partial charge in [0.15, 0.2) is 0 Å². The molecule has 20 heavy (non-hydrogen) atoms. The number of rotatable bonds is 6. The van der Waals surface area contributed by atoms with E-state index in [2.05, 4.69) is 4.72 Å². The van der Waals surface area contributed by atoms with Gasteiger partial charge in [0.05, 0.1) is 11.0 Å². The van der Waals surface area contributed by atoms with E-state index in [1.54, 1.807) is 30.6 Å². The van der Waals surface area contributed by atoms with Crippen LogP contribution in [0.2, 0.25) is 5.02 Å². The van der Waals surface area contributed by atoms with Crippen LogP contribution >= 0.6 is 22.9 Å². The highest BCUT2D eigenvalue weighted by Gasteiger charge is 2.18. The Morgan fingerprint density at radius 3 is 2.55 bits per heavy atom. The summed E-state index contributed by atoms with van der Waals surface area (Å²) in [6, 6.07) is 7.94. The maximum atomic E-state index is 12.1. The molecule has 0 radical (unpaired) electrons. The fraction of sp³-hybridized carbons (Fsp3) is 0.231. The van der Waals surface area contributed by atoms with Gasteiger partial charge in [0.1, 0.15) is 0 Å². The predicted octanol–water partition coefficient (Wildman–Crippen LogP) is 3.07. The number of nitrogens with one attached hydrogen (secondary N) is 1. The van der Waals surface area contributed by atoms with Crippen LogP contribution in [0.3, 0.4) is 0 Å². The van der Waals surface area contributed by atoms with E-state index >= 15 is 0 Å². The summed E-state index contributed by atoms with van der Waals surface area (Å²) in [7, 11) is -2.00. The Morgan fingerprint density at radius 2 is 2.00 bits per heavy atom. The lowest BCUT2D eigenvalue weighted by molar-refractivity contribution is 0.107. The van der Waals surface area contributed by atoms with Crippen molar-refractivity contribution in [2.45, 2.75) is 11.0 Å². The molecule has 1 N–H and O–H groups in total. The van der Waals surface area contributed by atoms with Crippen molar-refractivity contribution in [3.8, 4) is 0 Å². The van der Waals surface area contributed by atoms with Crippen molar-refractivity contribution in [1.29, 1.82) is 0 Å². The van der Waals surface area contributed by atoms with Gasteiger partial charge in [-0.3, -0.25) is 0 Å². The highest BCUT2D eigenvalue weighted by atomic mass is 35.5. The molecular formula is C13H14ClNO3S2. The second-order valence-corrected chi connectivity index (χ2v) is 7.07. The lowest BCUT2D eigenvalue weighted by atomic mass is 10.2. The third-order valence-corrected chi connectivity index (χ3v) is 5.18. The number of halogens is 1. The molecule has 2 rings (SSSR count). The molecule has 108 valence electrons. The number of hydrogen-bond acceptors (Lipinski definition) is 4. The largest absolute Gasteiger partial charge is 0.375 e. The Bertz CT molecular complexity index is 639. The number of thiophene rings is 1. The lowest BCUT2D eigenvalue weighted by Crippen LogP contribution is -2.29. The first-order valence-electron chi connectivity index (χ1n) is 5.83. The van der Waals surface area contributed by atoms with Crippen molar-refractivity contribution in [1.82, 2.24) is 4.72 Å². The van der Waals surface area contributed by atoms with Crippen molar-refractivity contribution in [3.63, 3.8) is 0 Å². The number of ether oxygens (including phenoxy) is 1. The molecule has 0 bridgehead atoms. The number of sulfonamides is 1. The molecule has 1 aromatic carbocycles. The van der Waals surface area contributed by atoms with E-state index < -0.39 is 10.0 Å². The van der Waals surface area contributed by atoms with Crippen LogP contribution in [-0.4, -0.2) is 22.1 Å². The molecule has 7 heteroatoms. The van der Waals surface area contributed by atoms with Crippen LogP contribution in [0.25, 0.3) is 0 Å². The Morgan fingerprint density at radius 1 is 1.30 bits per heavy atom. The predicted molar refractivity (Wildman–Crippen MR) is 80.7 cm³/mol. The quantitative estimate of drug-likeness (QED) is 0.885. The monoisotopic (exact) mass is 331 g/mol. The topological polar surface area (TPSA) is 55.4 Å². The molecule has 0 aliphatic rings. The van der Waals surface area contributed by atoms with E-state index in [1.807, 2.05) is 16.8 Å². The second-order valence-electron chi connectivity index (χ2n) is 4.09. The maximum absolute atomic E-state index is 12.1. The van der Waals surface area contributed by atoms with Gasteiger partial charge in [-0.15, -0.1) is 0 Å². The maximum Gasteiger partial charge on any atom is 0.240 e. The standard InChI is InChI=1S/C13H14ClNO3S2/c1-18-13(10-6-7-19-9-10)8-15-20(16,17)12-4-2-11(14)3-5-12/h2-7,9,13,15H,8H2,1H3. The molecule has 0 aliphatic heterocycles. The van der Waals surface area contributed by atoms with E-state index in [0.29, 0.717) is 5.02 Å². The first-order chi connectivity index (χ1) is 9.53. The Labute approximate surface area is 127 Å². The summed E-state index contributed by atoms with van der Waals surface area (Å²) in [5, 5.41) is 4.36. The SMILES string of the molecule is COC(CNS(=O)(=O)c1ccc(Cl)cc1)c1ccsc1. The smallest absolute Gasteiger partial charge is 0.240 e. The number of hydrogen-bond donors (Lipinski definition) is 1. The van der Waals surface area contributed by atoms with E-state index in [4.69, 9.17) is 16.3 Å². The van der Waals surface area contributed by atoms with Gasteiger partial charge in [-0.1, -0.05) is 11.6 Å². The third kappa shape index (κ3) is 3.80. The van der Waals surface area contributed by atoms with E-state index in [9.17, 15) is 8.42 Å². The van der Waals surface area contributed by atoms with Crippen LogP contribution in [0.15, 0.2) is 46.0 Å². The average molecular weight is 332 g/mol. The molecule has 0 saturated carbocycles. The molecule has 0 aliphatic carbocycles. The van der Waals surface area contributed by atoms with Crippen molar-refractivity contribution in [3.05, 3.63) is 51.7 Å². The van der Waals surface area contributed by atoms with Gasteiger partial charge >= 0.3 is 0 Å². The molecule has 1 unspecified atom stereocenters. The number of benzene rings is 1. The summed E-state index contributed by atoms with van der Waals surface area (Å²) in [5.41, 5.74) is 0.955. The van der Waals surface area contributed by atoms with Gasteiger partial charge in [0.2, 0.25) is 10.0 Å². The van der Waals surface area contributed by atoms with E-state index in [1.165, 1.54) is 12.1 Å². The van der Waals surface area contributed by atoms with Crippen LogP contribution < -0.4 is 4.72 Å². The summed E-state index contributed by atoms with van der Waals surface area (Å²) in [4.78, 5) is 0.182. The summed E-state index contributed by atoms with van der Waals surface area (Å²) in [6.45, 7) is 0.179. The molecule has 0 spiro atoms. The van der Waals surface area contributed by atoms with Gasteiger partial charge < -0.3 is 4.74 Å². The van der Waals surface area contributed by atoms with Crippen LogP contribution in [-0.2, 0) is 14.8 Å². The Hall–Kier alpha value is -0.920. The summed E-state index contributed by atoms with van der Waals surface area (Å²) in [6.07, 6.45) is -0.302. The minimum Gasteiger partial charge on any atom is -0.375 e. The van der Waals surface area contributed by atoms with E-state index in [0.717, 1.165) is 5.56 Å². The van der Waals surface area contributed by atoms with Crippen LogP contribution in [0.5, 0.6) is 0 Å². The van der Waals surface area contributed by atoms with Gasteiger partial charge in [0, 0.05) is 18.7 Å². The summed E-state index contributed by atoms with van der Waals surface area (Å²) < 4.78 is 32.1. The van der Waals surface area contributed by atoms with Crippen LogP contribution in [0.1, 0.15) is 11.7 Å². The van der Waals surface area contributed by atoms with E-state index in [-0.39, 0.29) is 17.5 Å². The minimum absolute atomic E-state index is 0.179. The summed E-state index contributed by atoms with van der Waals surface area (Å²) >= 11 is 7.29. The second kappa shape index (κ2) is 6.69. The summed E-state index contributed by atoms with van der Waals surface area (Å²) in [5.74, 6) is 0. The first-order valence-corrected chi connectivity index (χ1v) is 8.63.